The molecule has 1 aromatic heterocycles. The van der Waals surface area contributed by atoms with Crippen LogP contribution < -0.4 is 4.74 Å². The number of halogens is 1. The molecule has 0 radical (unpaired) electrons. The first-order valence-corrected chi connectivity index (χ1v) is 10.7. The number of likely N-dealkylation sites (tertiary alicyclic amines) is 1. The molecule has 1 saturated heterocycles. The van der Waals surface area contributed by atoms with E-state index < -0.39 is 0 Å². The maximum atomic E-state index is 12.6. The highest BCUT2D eigenvalue weighted by Gasteiger charge is 2.25. The molecule has 2 aromatic carbocycles. The average Bonchev–Trinajstić information content (AvgIpc) is 3.11. The van der Waals surface area contributed by atoms with Gasteiger partial charge >= 0.3 is 0 Å². The van der Waals surface area contributed by atoms with Gasteiger partial charge in [-0.3, -0.25) is 4.79 Å². The normalized spacial score (nSPS) is 15.3. The minimum Gasteiger partial charge on any atom is -0.467 e. The Kier molecular flexibility index (Phi) is 5.19. The Morgan fingerprint density at radius 1 is 1.11 bits per heavy atom. The number of hydrogen-bond donors (Lipinski definition) is 0. The molecule has 1 amide bonds. The smallest absolute Gasteiger partial charge is 0.274 e. The lowest BCUT2D eigenvalue weighted by Crippen LogP contribution is -2.41. The monoisotopic (exact) mass is 444 g/mol. The number of aryl methyl sites for hydroxylation is 2. The van der Waals surface area contributed by atoms with Gasteiger partial charge in [-0.25, -0.2) is 4.98 Å². The lowest BCUT2D eigenvalue weighted by atomic mass is 10.1. The molecule has 27 heavy (non-hydrogen) atoms. The zero-order chi connectivity index (χ0) is 19.0. The van der Waals surface area contributed by atoms with Crippen molar-refractivity contribution in [2.45, 2.75) is 32.8 Å². The minimum atomic E-state index is 0.0900. The van der Waals surface area contributed by atoms with Crippen molar-refractivity contribution < 1.29 is 9.53 Å². The second-order valence-corrected chi connectivity index (χ2v) is 8.85. The number of hydrogen-bond acceptors (Lipinski definition) is 4. The van der Waals surface area contributed by atoms with Crippen LogP contribution in [0, 0.1) is 13.8 Å². The molecule has 0 spiro atoms. The van der Waals surface area contributed by atoms with Crippen LogP contribution in [-0.2, 0) is 0 Å². The zero-order valence-corrected chi connectivity index (χ0v) is 17.8. The van der Waals surface area contributed by atoms with Gasteiger partial charge in [-0.15, -0.1) is 0 Å². The molecule has 0 atom stereocenters. The van der Waals surface area contributed by atoms with Crippen molar-refractivity contribution >= 4 is 43.4 Å². The predicted molar refractivity (Wildman–Crippen MR) is 113 cm³/mol. The van der Waals surface area contributed by atoms with Crippen LogP contribution in [0.3, 0.4) is 0 Å². The third kappa shape index (κ3) is 3.87. The highest BCUT2D eigenvalue weighted by atomic mass is 79.9. The van der Waals surface area contributed by atoms with Crippen molar-refractivity contribution in [3.05, 3.63) is 57.6 Å². The molecule has 6 heteroatoms. The fourth-order valence-electron chi connectivity index (χ4n) is 3.38. The molecular formula is C21H21BrN2O2S. The second kappa shape index (κ2) is 7.60. The molecule has 3 aromatic rings. The summed E-state index contributed by atoms with van der Waals surface area (Å²) in [4.78, 5) is 19.2. The highest BCUT2D eigenvalue weighted by molar-refractivity contribution is 9.10. The molecule has 0 saturated carbocycles. The Morgan fingerprint density at radius 2 is 1.78 bits per heavy atom. The number of benzene rings is 2. The largest absolute Gasteiger partial charge is 0.467 e. The summed E-state index contributed by atoms with van der Waals surface area (Å²) in [5.74, 6) is 0.0900. The van der Waals surface area contributed by atoms with E-state index in [1.54, 1.807) is 11.3 Å². The number of carbonyl (C=O) groups is 1. The van der Waals surface area contributed by atoms with Crippen LogP contribution in [-0.4, -0.2) is 35.0 Å². The zero-order valence-electron chi connectivity index (χ0n) is 15.4. The first kappa shape index (κ1) is 18.4. The third-order valence-electron chi connectivity index (χ3n) is 5.01. The summed E-state index contributed by atoms with van der Waals surface area (Å²) in [7, 11) is 0. The lowest BCUT2D eigenvalue weighted by molar-refractivity contribution is 0.0595. The van der Waals surface area contributed by atoms with Crippen LogP contribution in [0.25, 0.3) is 10.2 Å². The van der Waals surface area contributed by atoms with E-state index >= 15 is 0 Å². The van der Waals surface area contributed by atoms with Gasteiger partial charge in [-0.05, 0) is 49.2 Å². The number of amides is 1. The average molecular weight is 445 g/mol. The summed E-state index contributed by atoms with van der Waals surface area (Å²) < 4.78 is 8.34. The molecule has 2 heterocycles. The van der Waals surface area contributed by atoms with E-state index in [0.29, 0.717) is 13.1 Å². The van der Waals surface area contributed by atoms with E-state index in [1.807, 2.05) is 29.2 Å². The van der Waals surface area contributed by atoms with E-state index in [1.165, 1.54) is 15.8 Å². The topological polar surface area (TPSA) is 42.4 Å². The summed E-state index contributed by atoms with van der Waals surface area (Å²) in [5, 5.41) is 0.736. The highest BCUT2D eigenvalue weighted by Crippen LogP contribution is 2.33. The Balaban J connectivity index is 1.40. The molecule has 4 nitrogen and oxygen atoms in total. The van der Waals surface area contributed by atoms with Gasteiger partial charge in [0.1, 0.15) is 6.10 Å². The van der Waals surface area contributed by atoms with Crippen LogP contribution in [0.4, 0.5) is 0 Å². The number of thiazole rings is 1. The molecule has 140 valence electrons. The SMILES string of the molecule is Cc1ccc(C)c2sc(OC3CCN(C(=O)c4ccc(Br)cc4)CC3)nc12. The summed E-state index contributed by atoms with van der Waals surface area (Å²) >= 11 is 5.02. The molecule has 1 aliphatic heterocycles. The van der Waals surface area contributed by atoms with Gasteiger partial charge < -0.3 is 9.64 Å². The van der Waals surface area contributed by atoms with E-state index in [2.05, 4.69) is 46.9 Å². The second-order valence-electron chi connectivity index (χ2n) is 6.97. The van der Waals surface area contributed by atoms with E-state index in [-0.39, 0.29) is 12.0 Å². The minimum absolute atomic E-state index is 0.0900. The molecule has 0 bridgehead atoms. The molecule has 0 N–H and O–H groups in total. The van der Waals surface area contributed by atoms with Crippen molar-refractivity contribution in [3.8, 4) is 5.19 Å². The van der Waals surface area contributed by atoms with Crippen molar-refractivity contribution in [3.63, 3.8) is 0 Å². The van der Waals surface area contributed by atoms with Gasteiger partial charge in [-0.2, -0.15) is 0 Å². The Labute approximate surface area is 171 Å². The number of aromatic nitrogens is 1. The standard InChI is InChI=1S/C21H21BrN2O2S/c1-13-3-4-14(2)19-18(13)23-21(27-19)26-17-9-11-24(12-10-17)20(25)15-5-7-16(22)8-6-15/h3-8,17H,9-12H2,1-2H3. The first-order valence-electron chi connectivity index (χ1n) is 9.09. The molecule has 4 rings (SSSR count). The fraction of sp³-hybridized carbons (Fsp3) is 0.333. The van der Waals surface area contributed by atoms with Crippen LogP contribution >= 0.6 is 27.3 Å². The van der Waals surface area contributed by atoms with Crippen LogP contribution in [0.1, 0.15) is 34.3 Å². The third-order valence-corrected chi connectivity index (χ3v) is 6.62. The Bertz CT molecular complexity index is 937. The quantitative estimate of drug-likeness (QED) is 0.545. The molecule has 0 aliphatic carbocycles. The van der Waals surface area contributed by atoms with Crippen molar-refractivity contribution in [2.75, 3.05) is 13.1 Å². The molecule has 1 fully saturated rings. The summed E-state index contributed by atoms with van der Waals surface area (Å²) in [6.07, 6.45) is 1.77. The number of ether oxygens (including phenoxy) is 1. The van der Waals surface area contributed by atoms with E-state index in [0.717, 1.165) is 33.6 Å². The maximum absolute atomic E-state index is 12.6. The van der Waals surface area contributed by atoms with E-state index in [9.17, 15) is 4.79 Å². The van der Waals surface area contributed by atoms with Crippen LogP contribution in [0.15, 0.2) is 40.9 Å². The van der Waals surface area contributed by atoms with Gasteiger partial charge in [0, 0.05) is 36.0 Å². The van der Waals surface area contributed by atoms with Crippen molar-refractivity contribution in [2.24, 2.45) is 0 Å². The van der Waals surface area contributed by atoms with Crippen LogP contribution in [0.5, 0.6) is 5.19 Å². The number of carbonyl (C=O) groups excluding carboxylic acids is 1. The van der Waals surface area contributed by atoms with Gasteiger partial charge in [0.25, 0.3) is 11.1 Å². The van der Waals surface area contributed by atoms with Crippen molar-refractivity contribution in [1.29, 1.82) is 0 Å². The molecular weight excluding hydrogens is 424 g/mol. The van der Waals surface area contributed by atoms with Crippen molar-refractivity contribution in [1.82, 2.24) is 9.88 Å². The maximum Gasteiger partial charge on any atom is 0.274 e. The first-order chi connectivity index (χ1) is 13.0. The van der Waals surface area contributed by atoms with Gasteiger partial charge in [0.05, 0.1) is 10.2 Å². The number of nitrogens with zero attached hydrogens (tertiary/aromatic N) is 2. The lowest BCUT2D eigenvalue weighted by Gasteiger charge is -2.31. The van der Waals surface area contributed by atoms with Crippen LogP contribution in [0.2, 0.25) is 0 Å². The number of rotatable bonds is 3. The molecule has 0 unspecified atom stereocenters. The fourth-order valence-corrected chi connectivity index (χ4v) is 4.68. The Hall–Kier alpha value is -1.92. The number of piperidine rings is 1. The Morgan fingerprint density at radius 3 is 2.44 bits per heavy atom. The van der Waals surface area contributed by atoms with Gasteiger partial charge in [0.15, 0.2) is 0 Å². The predicted octanol–water partition coefficient (Wildman–Crippen LogP) is 5.36. The summed E-state index contributed by atoms with van der Waals surface area (Å²) in [5.41, 5.74) is 4.18. The number of fused-ring (bicyclic) bond motifs is 1. The molecule has 1 aliphatic rings. The summed E-state index contributed by atoms with van der Waals surface area (Å²) in [6, 6.07) is 11.8. The summed E-state index contributed by atoms with van der Waals surface area (Å²) in [6.45, 7) is 5.61. The van der Waals surface area contributed by atoms with E-state index in [4.69, 9.17) is 4.74 Å². The van der Waals surface area contributed by atoms with Gasteiger partial charge in [-0.1, -0.05) is 39.4 Å². The van der Waals surface area contributed by atoms with Gasteiger partial charge in [0.2, 0.25) is 0 Å².